The number of nitrogens with zero attached hydrogens (tertiary/aromatic N) is 2. The first-order valence-corrected chi connectivity index (χ1v) is 5.26. The first-order chi connectivity index (χ1) is 9.50. The number of carbonyl (C=O) groups is 1. The van der Waals surface area contributed by atoms with E-state index in [0.717, 1.165) is 12.1 Å². The van der Waals surface area contributed by atoms with Gasteiger partial charge in [-0.3, -0.25) is 4.79 Å². The van der Waals surface area contributed by atoms with Crippen LogP contribution in [0.25, 0.3) is 11.0 Å². The summed E-state index contributed by atoms with van der Waals surface area (Å²) in [7, 11) is 0. The highest BCUT2D eigenvalue weighted by Gasteiger charge is 2.39. The summed E-state index contributed by atoms with van der Waals surface area (Å²) in [6, 6.07) is 1.58. The summed E-state index contributed by atoms with van der Waals surface area (Å²) >= 11 is 0. The van der Waals surface area contributed by atoms with Crippen LogP contribution in [0.3, 0.4) is 0 Å². The van der Waals surface area contributed by atoms with Crippen LogP contribution in [-0.4, -0.2) is 15.9 Å². The predicted molar refractivity (Wildman–Crippen MR) is 58.1 cm³/mol. The average Bonchev–Trinajstić information content (AvgIpc) is 2.34. The van der Waals surface area contributed by atoms with Crippen LogP contribution >= 0.6 is 0 Å². The van der Waals surface area contributed by atoms with E-state index in [-0.39, 0.29) is 6.07 Å². The van der Waals surface area contributed by atoms with Gasteiger partial charge in [0, 0.05) is 5.39 Å². The molecule has 0 aliphatic carbocycles. The normalized spacial score (nSPS) is 12.7. The molecular weight excluding hydrogens is 304 g/mol. The molecule has 0 spiro atoms. The molecule has 0 radical (unpaired) electrons. The second-order valence-electron chi connectivity index (χ2n) is 3.98. The molecule has 0 aliphatic heterocycles. The Kier molecular flexibility index (Phi) is 3.27. The van der Waals surface area contributed by atoms with Gasteiger partial charge in [0.15, 0.2) is 5.65 Å². The summed E-state index contributed by atoms with van der Waals surface area (Å²) < 4.78 is 76.3. The number of rotatable bonds is 1. The molecule has 0 saturated carbocycles. The van der Waals surface area contributed by atoms with Gasteiger partial charge in [-0.25, -0.2) is 9.97 Å². The van der Waals surface area contributed by atoms with Crippen molar-refractivity contribution in [2.75, 3.05) is 0 Å². The van der Waals surface area contributed by atoms with Gasteiger partial charge in [0.2, 0.25) is 0 Å². The fraction of sp³-hybridized carbons (Fsp3) is 0.182. The number of pyridine rings is 2. The van der Waals surface area contributed by atoms with E-state index >= 15 is 0 Å². The molecule has 0 saturated heterocycles. The number of carbonyl (C=O) groups excluding carboxylic acids is 1. The average molecular weight is 309 g/mol. The first kappa shape index (κ1) is 15.0. The third-order valence-corrected chi connectivity index (χ3v) is 2.52. The van der Waals surface area contributed by atoms with Crippen LogP contribution in [0.2, 0.25) is 0 Å². The Labute approximate surface area is 112 Å². The van der Waals surface area contributed by atoms with Crippen molar-refractivity contribution in [1.29, 1.82) is 0 Å². The van der Waals surface area contributed by atoms with Crippen molar-refractivity contribution in [2.45, 2.75) is 12.4 Å². The molecule has 0 aliphatic rings. The van der Waals surface area contributed by atoms with Gasteiger partial charge in [0.05, 0.1) is 5.56 Å². The number of nitrogens with two attached hydrogens (primary N) is 1. The summed E-state index contributed by atoms with van der Waals surface area (Å²) in [5, 5.41) is -0.652. The number of hydrogen-bond donors (Lipinski definition) is 1. The molecule has 10 heteroatoms. The Morgan fingerprint density at radius 2 is 1.62 bits per heavy atom. The molecule has 4 nitrogen and oxygen atoms in total. The fourth-order valence-electron chi connectivity index (χ4n) is 1.62. The standard InChI is InChI=1S/C11H5F6N3O/c12-10(13,14)5-3-7(11(15,16)17)20-9-4(5)1-2-6(19-9)8(18)21/h1-3H,(H2,18,21). The lowest BCUT2D eigenvalue weighted by atomic mass is 10.1. The van der Waals surface area contributed by atoms with Crippen LogP contribution in [-0.2, 0) is 12.4 Å². The topological polar surface area (TPSA) is 68.9 Å². The van der Waals surface area contributed by atoms with E-state index in [4.69, 9.17) is 5.73 Å². The SMILES string of the molecule is NC(=O)c1ccc2c(C(F)(F)F)cc(C(F)(F)F)nc2n1. The zero-order valence-electron chi connectivity index (χ0n) is 9.88. The second-order valence-corrected chi connectivity index (χ2v) is 3.98. The quantitative estimate of drug-likeness (QED) is 0.824. The van der Waals surface area contributed by atoms with E-state index in [0.29, 0.717) is 0 Å². The van der Waals surface area contributed by atoms with Crippen molar-refractivity contribution in [1.82, 2.24) is 9.97 Å². The lowest BCUT2D eigenvalue weighted by Gasteiger charge is -2.13. The van der Waals surface area contributed by atoms with Crippen molar-refractivity contribution < 1.29 is 31.1 Å². The highest BCUT2D eigenvalue weighted by Crippen LogP contribution is 2.38. The lowest BCUT2D eigenvalue weighted by molar-refractivity contribution is -0.144. The molecular formula is C11H5F6N3O. The number of aromatic nitrogens is 2. The van der Waals surface area contributed by atoms with E-state index in [1.807, 2.05) is 0 Å². The summed E-state index contributed by atoms with van der Waals surface area (Å²) in [5.41, 5.74) is 0.250. The molecule has 2 aromatic rings. The van der Waals surface area contributed by atoms with Crippen molar-refractivity contribution in [2.24, 2.45) is 5.73 Å². The Hall–Kier alpha value is -2.39. The van der Waals surface area contributed by atoms with Crippen LogP contribution < -0.4 is 5.73 Å². The van der Waals surface area contributed by atoms with Gasteiger partial charge < -0.3 is 5.73 Å². The minimum absolute atomic E-state index is 0.103. The maximum absolute atomic E-state index is 12.8. The van der Waals surface area contributed by atoms with Gasteiger partial charge in [-0.1, -0.05) is 0 Å². The van der Waals surface area contributed by atoms with Gasteiger partial charge in [-0.2, -0.15) is 26.3 Å². The van der Waals surface area contributed by atoms with E-state index in [1.54, 1.807) is 0 Å². The van der Waals surface area contributed by atoms with Crippen molar-refractivity contribution >= 4 is 16.9 Å². The zero-order chi connectivity index (χ0) is 16.0. The predicted octanol–water partition coefficient (Wildman–Crippen LogP) is 2.77. The molecule has 2 aromatic heterocycles. The summed E-state index contributed by atoms with van der Waals surface area (Å²) in [5.74, 6) is -1.09. The van der Waals surface area contributed by atoms with Crippen LogP contribution in [0.4, 0.5) is 26.3 Å². The van der Waals surface area contributed by atoms with Gasteiger partial charge in [-0.05, 0) is 18.2 Å². The Morgan fingerprint density at radius 3 is 2.10 bits per heavy atom. The Bertz CT molecular complexity index is 722. The molecule has 21 heavy (non-hydrogen) atoms. The maximum Gasteiger partial charge on any atom is 0.433 e. The van der Waals surface area contributed by atoms with E-state index in [2.05, 4.69) is 9.97 Å². The number of primary amides is 1. The molecule has 0 bridgehead atoms. The second kappa shape index (κ2) is 4.57. The monoisotopic (exact) mass is 309 g/mol. The highest BCUT2D eigenvalue weighted by molar-refractivity contribution is 5.93. The van der Waals surface area contributed by atoms with Gasteiger partial charge >= 0.3 is 12.4 Å². The number of amides is 1. The maximum atomic E-state index is 12.8. The summed E-state index contributed by atoms with van der Waals surface area (Å²) in [4.78, 5) is 17.3. The van der Waals surface area contributed by atoms with Crippen molar-refractivity contribution in [3.8, 4) is 0 Å². The van der Waals surface area contributed by atoms with Crippen LogP contribution in [0.15, 0.2) is 18.2 Å². The largest absolute Gasteiger partial charge is 0.433 e. The Balaban J connectivity index is 2.84. The minimum Gasteiger partial charge on any atom is -0.364 e. The molecule has 0 atom stereocenters. The van der Waals surface area contributed by atoms with Gasteiger partial charge in [-0.15, -0.1) is 0 Å². The van der Waals surface area contributed by atoms with Crippen LogP contribution in [0.5, 0.6) is 0 Å². The Morgan fingerprint density at radius 1 is 1.00 bits per heavy atom. The lowest BCUT2D eigenvalue weighted by Crippen LogP contribution is -2.16. The molecule has 2 heterocycles. The van der Waals surface area contributed by atoms with Crippen molar-refractivity contribution in [3.05, 3.63) is 35.2 Å². The minimum atomic E-state index is -5.08. The van der Waals surface area contributed by atoms with Crippen LogP contribution in [0, 0.1) is 0 Å². The van der Waals surface area contributed by atoms with E-state index < -0.39 is 46.2 Å². The molecule has 2 rings (SSSR count). The molecule has 112 valence electrons. The van der Waals surface area contributed by atoms with E-state index in [1.165, 1.54) is 0 Å². The molecule has 1 amide bonds. The van der Waals surface area contributed by atoms with Gasteiger partial charge in [0.1, 0.15) is 11.4 Å². The van der Waals surface area contributed by atoms with E-state index in [9.17, 15) is 31.1 Å². The third kappa shape index (κ3) is 2.88. The highest BCUT2D eigenvalue weighted by atomic mass is 19.4. The molecule has 0 aromatic carbocycles. The summed E-state index contributed by atoms with van der Waals surface area (Å²) in [6.07, 6.45) is -10.1. The summed E-state index contributed by atoms with van der Waals surface area (Å²) in [6.45, 7) is 0. The van der Waals surface area contributed by atoms with Gasteiger partial charge in [0.25, 0.3) is 5.91 Å². The zero-order valence-corrected chi connectivity index (χ0v) is 9.88. The number of fused-ring (bicyclic) bond motifs is 1. The number of hydrogen-bond acceptors (Lipinski definition) is 3. The third-order valence-electron chi connectivity index (χ3n) is 2.52. The molecule has 2 N–H and O–H groups in total. The fourth-order valence-corrected chi connectivity index (χ4v) is 1.62. The smallest absolute Gasteiger partial charge is 0.364 e. The first-order valence-electron chi connectivity index (χ1n) is 5.26. The number of halogens is 6. The van der Waals surface area contributed by atoms with Crippen LogP contribution in [0.1, 0.15) is 21.7 Å². The molecule has 0 fully saturated rings. The number of alkyl halides is 6. The van der Waals surface area contributed by atoms with Crippen molar-refractivity contribution in [3.63, 3.8) is 0 Å². The molecule has 0 unspecified atom stereocenters.